The quantitative estimate of drug-likeness (QED) is 0.896. The minimum Gasteiger partial charge on any atom is -0.312 e. The summed E-state index contributed by atoms with van der Waals surface area (Å²) in [6.07, 6.45) is 5.64. The number of imidazole rings is 1. The van der Waals surface area contributed by atoms with Gasteiger partial charge in [-0.15, -0.1) is 0 Å². The van der Waals surface area contributed by atoms with Crippen molar-refractivity contribution in [2.24, 2.45) is 5.92 Å². The lowest BCUT2D eigenvalue weighted by atomic mass is 10.2. The molecule has 0 atom stereocenters. The van der Waals surface area contributed by atoms with Crippen LogP contribution in [0.5, 0.6) is 0 Å². The zero-order valence-electron chi connectivity index (χ0n) is 12.1. The van der Waals surface area contributed by atoms with Gasteiger partial charge in [0.15, 0.2) is 0 Å². The van der Waals surface area contributed by atoms with Crippen molar-refractivity contribution in [1.29, 1.82) is 0 Å². The molecular formula is C15H22N4. The molecular weight excluding hydrogens is 236 g/mol. The molecule has 0 aromatic carbocycles. The standard InChI is InChI=1S/C15H22N4/c1-11(2)7-17-9-14-8-16-6-5-15(14)19-10-18-12(3)13(19)4/h5-6,8,10-11,17H,7,9H2,1-4H3. The van der Waals surface area contributed by atoms with Crippen molar-refractivity contribution in [2.45, 2.75) is 34.2 Å². The molecule has 2 heterocycles. The zero-order chi connectivity index (χ0) is 13.8. The summed E-state index contributed by atoms with van der Waals surface area (Å²) in [5.41, 5.74) is 4.60. The van der Waals surface area contributed by atoms with E-state index in [1.54, 1.807) is 0 Å². The summed E-state index contributed by atoms with van der Waals surface area (Å²) in [5, 5.41) is 3.46. The van der Waals surface area contributed by atoms with Crippen LogP contribution in [0.15, 0.2) is 24.8 Å². The van der Waals surface area contributed by atoms with Gasteiger partial charge in [-0.3, -0.25) is 4.98 Å². The van der Waals surface area contributed by atoms with Crippen molar-refractivity contribution in [3.8, 4) is 5.69 Å². The van der Waals surface area contributed by atoms with Gasteiger partial charge in [0.2, 0.25) is 0 Å². The van der Waals surface area contributed by atoms with Gasteiger partial charge in [0.1, 0.15) is 0 Å². The minimum absolute atomic E-state index is 0.650. The smallest absolute Gasteiger partial charge is 0.0997 e. The molecule has 19 heavy (non-hydrogen) atoms. The lowest BCUT2D eigenvalue weighted by Crippen LogP contribution is -2.20. The number of hydrogen-bond acceptors (Lipinski definition) is 3. The lowest BCUT2D eigenvalue weighted by molar-refractivity contribution is 0.551. The van der Waals surface area contributed by atoms with Crippen molar-refractivity contribution < 1.29 is 0 Å². The van der Waals surface area contributed by atoms with E-state index in [0.29, 0.717) is 5.92 Å². The Bertz CT molecular complexity index is 543. The fraction of sp³-hybridized carbons (Fsp3) is 0.467. The van der Waals surface area contributed by atoms with E-state index >= 15 is 0 Å². The largest absolute Gasteiger partial charge is 0.312 e. The van der Waals surface area contributed by atoms with Crippen molar-refractivity contribution >= 4 is 0 Å². The molecule has 0 saturated heterocycles. The monoisotopic (exact) mass is 258 g/mol. The molecule has 0 aliphatic carbocycles. The molecule has 4 heteroatoms. The minimum atomic E-state index is 0.650. The van der Waals surface area contributed by atoms with E-state index in [0.717, 1.165) is 24.5 Å². The number of nitrogens with zero attached hydrogens (tertiary/aromatic N) is 3. The molecule has 0 unspecified atom stereocenters. The van der Waals surface area contributed by atoms with Gasteiger partial charge in [0, 0.05) is 30.2 Å². The third kappa shape index (κ3) is 3.20. The Morgan fingerprint density at radius 3 is 2.74 bits per heavy atom. The first-order valence-corrected chi connectivity index (χ1v) is 6.74. The van der Waals surface area contributed by atoms with E-state index in [1.807, 2.05) is 31.7 Å². The van der Waals surface area contributed by atoms with Crippen LogP contribution in [0.2, 0.25) is 0 Å². The third-order valence-corrected chi connectivity index (χ3v) is 3.26. The SMILES string of the molecule is Cc1ncn(-c2ccncc2CNCC(C)C)c1C. The maximum Gasteiger partial charge on any atom is 0.0997 e. The highest BCUT2D eigenvalue weighted by Crippen LogP contribution is 2.17. The Morgan fingerprint density at radius 1 is 1.32 bits per heavy atom. The lowest BCUT2D eigenvalue weighted by Gasteiger charge is -2.13. The van der Waals surface area contributed by atoms with Gasteiger partial charge >= 0.3 is 0 Å². The summed E-state index contributed by atoms with van der Waals surface area (Å²) >= 11 is 0. The average Bonchev–Trinajstić information content (AvgIpc) is 2.70. The zero-order valence-corrected chi connectivity index (χ0v) is 12.1. The predicted molar refractivity (Wildman–Crippen MR) is 77.4 cm³/mol. The molecule has 0 radical (unpaired) electrons. The molecule has 2 rings (SSSR count). The van der Waals surface area contributed by atoms with E-state index in [9.17, 15) is 0 Å². The summed E-state index contributed by atoms with van der Waals surface area (Å²) in [6, 6.07) is 2.04. The van der Waals surface area contributed by atoms with Crippen LogP contribution < -0.4 is 5.32 Å². The molecule has 2 aromatic heterocycles. The molecule has 4 nitrogen and oxygen atoms in total. The number of nitrogens with one attached hydrogen (secondary N) is 1. The maximum absolute atomic E-state index is 4.36. The van der Waals surface area contributed by atoms with Gasteiger partial charge in [-0.25, -0.2) is 4.98 Å². The van der Waals surface area contributed by atoms with E-state index in [1.165, 1.54) is 11.3 Å². The van der Waals surface area contributed by atoms with Gasteiger partial charge in [-0.05, 0) is 32.4 Å². The second kappa shape index (κ2) is 5.97. The van der Waals surface area contributed by atoms with Crippen LogP contribution in [0, 0.1) is 19.8 Å². The Kier molecular flexibility index (Phi) is 4.32. The fourth-order valence-electron chi connectivity index (χ4n) is 2.03. The highest BCUT2D eigenvalue weighted by molar-refractivity contribution is 5.41. The van der Waals surface area contributed by atoms with Crippen LogP contribution in [0.3, 0.4) is 0 Å². The second-order valence-corrected chi connectivity index (χ2v) is 5.31. The molecule has 0 aliphatic heterocycles. The van der Waals surface area contributed by atoms with E-state index in [-0.39, 0.29) is 0 Å². The van der Waals surface area contributed by atoms with Crippen LogP contribution in [-0.2, 0) is 6.54 Å². The Balaban J connectivity index is 2.23. The van der Waals surface area contributed by atoms with Crippen LogP contribution in [-0.4, -0.2) is 21.1 Å². The summed E-state index contributed by atoms with van der Waals surface area (Å²) in [5.74, 6) is 0.650. The maximum atomic E-state index is 4.36. The molecule has 2 aromatic rings. The summed E-state index contributed by atoms with van der Waals surface area (Å²) < 4.78 is 2.13. The summed E-state index contributed by atoms with van der Waals surface area (Å²) in [6.45, 7) is 10.4. The van der Waals surface area contributed by atoms with E-state index in [4.69, 9.17) is 0 Å². The van der Waals surface area contributed by atoms with Crippen molar-refractivity contribution in [2.75, 3.05) is 6.54 Å². The molecule has 0 amide bonds. The van der Waals surface area contributed by atoms with Gasteiger partial charge < -0.3 is 9.88 Å². The molecule has 0 spiro atoms. The second-order valence-electron chi connectivity index (χ2n) is 5.31. The van der Waals surface area contributed by atoms with Gasteiger partial charge in [-0.1, -0.05) is 13.8 Å². The average molecular weight is 258 g/mol. The number of aromatic nitrogens is 3. The first kappa shape index (κ1) is 13.7. The summed E-state index contributed by atoms with van der Waals surface area (Å²) in [7, 11) is 0. The molecule has 102 valence electrons. The number of aryl methyl sites for hydroxylation is 1. The van der Waals surface area contributed by atoms with Crippen LogP contribution in [0.25, 0.3) is 5.69 Å². The molecule has 0 fully saturated rings. The number of rotatable bonds is 5. The predicted octanol–water partition coefficient (Wildman–Crippen LogP) is 2.63. The summed E-state index contributed by atoms with van der Waals surface area (Å²) in [4.78, 5) is 8.60. The van der Waals surface area contributed by atoms with Crippen molar-refractivity contribution in [3.63, 3.8) is 0 Å². The van der Waals surface area contributed by atoms with Crippen LogP contribution >= 0.6 is 0 Å². The van der Waals surface area contributed by atoms with E-state index in [2.05, 4.69) is 40.6 Å². The normalized spacial score (nSPS) is 11.2. The van der Waals surface area contributed by atoms with Gasteiger partial charge in [0.05, 0.1) is 17.7 Å². The Labute approximate surface area is 114 Å². The van der Waals surface area contributed by atoms with Gasteiger partial charge in [0.25, 0.3) is 0 Å². The first-order valence-electron chi connectivity index (χ1n) is 6.74. The van der Waals surface area contributed by atoms with Gasteiger partial charge in [-0.2, -0.15) is 0 Å². The Hall–Kier alpha value is -1.68. The highest BCUT2D eigenvalue weighted by atomic mass is 15.1. The fourth-order valence-corrected chi connectivity index (χ4v) is 2.03. The topological polar surface area (TPSA) is 42.7 Å². The van der Waals surface area contributed by atoms with Crippen LogP contribution in [0.4, 0.5) is 0 Å². The van der Waals surface area contributed by atoms with Crippen LogP contribution in [0.1, 0.15) is 30.8 Å². The highest BCUT2D eigenvalue weighted by Gasteiger charge is 2.09. The molecule has 0 saturated carbocycles. The van der Waals surface area contributed by atoms with Crippen molar-refractivity contribution in [3.05, 3.63) is 41.7 Å². The van der Waals surface area contributed by atoms with Crippen molar-refractivity contribution in [1.82, 2.24) is 19.9 Å². The number of pyridine rings is 1. The first-order chi connectivity index (χ1) is 9.09. The third-order valence-electron chi connectivity index (χ3n) is 3.26. The Morgan fingerprint density at radius 2 is 2.11 bits per heavy atom. The molecule has 0 aliphatic rings. The number of hydrogen-bond donors (Lipinski definition) is 1. The van der Waals surface area contributed by atoms with E-state index < -0.39 is 0 Å². The molecule has 1 N–H and O–H groups in total. The molecule has 0 bridgehead atoms.